The van der Waals surface area contributed by atoms with E-state index in [1.54, 1.807) is 38.8 Å². The van der Waals surface area contributed by atoms with Crippen LogP contribution < -0.4 is 10.6 Å². The van der Waals surface area contributed by atoms with Crippen LogP contribution in [0.4, 0.5) is 4.79 Å². The molecular weight excluding hydrogens is 560 g/mol. The summed E-state index contributed by atoms with van der Waals surface area (Å²) in [5.41, 5.74) is -0.0227. The van der Waals surface area contributed by atoms with Gasteiger partial charge in [-0.25, -0.2) is 4.79 Å². The molecule has 1 saturated heterocycles. The van der Waals surface area contributed by atoms with Gasteiger partial charge >= 0.3 is 6.09 Å². The lowest BCUT2D eigenvalue weighted by Gasteiger charge is -2.29. The molecule has 10 nitrogen and oxygen atoms in total. The van der Waals surface area contributed by atoms with Crippen molar-refractivity contribution in [1.29, 1.82) is 0 Å². The number of likely N-dealkylation sites (tertiary alicyclic amines) is 1. The standard InChI is InChI=1S/C31H47ClN4O6/c1-7-16-33-27(37)26-19-31(18-25(35-42-31)22-13-11-14-23(32)17-22)20-36(26)28(38)24(34-29(39)41-30(3,4)5)15-10-8-9-12-21(2)40-6/h11,13-14,17,21,24,26H,7-10,12,15-16,18-20H2,1-6H3,(H,33,37)(H,34,39)/t21?,24-,26-,31+/m0/s1. The average Bonchev–Trinajstić information content (AvgIpc) is 3.53. The van der Waals surface area contributed by atoms with E-state index in [9.17, 15) is 14.4 Å². The van der Waals surface area contributed by atoms with Crippen LogP contribution in [0.25, 0.3) is 0 Å². The lowest BCUT2D eigenvalue weighted by Crippen LogP contribution is -2.54. The minimum Gasteiger partial charge on any atom is -0.444 e. The number of nitrogens with one attached hydrogen (secondary N) is 2. The van der Waals surface area contributed by atoms with E-state index in [0.717, 1.165) is 31.2 Å². The van der Waals surface area contributed by atoms with Crippen molar-refractivity contribution in [2.75, 3.05) is 20.2 Å². The number of unbranched alkanes of at least 4 members (excludes halogenated alkanes) is 2. The maximum atomic E-state index is 14.1. The summed E-state index contributed by atoms with van der Waals surface area (Å²) in [5.74, 6) is -0.578. The number of carbonyl (C=O) groups is 3. The molecule has 0 radical (unpaired) electrons. The third-order valence-electron chi connectivity index (χ3n) is 7.53. The van der Waals surface area contributed by atoms with Gasteiger partial charge in [-0.3, -0.25) is 9.59 Å². The van der Waals surface area contributed by atoms with Crippen molar-refractivity contribution in [3.63, 3.8) is 0 Å². The SMILES string of the molecule is CCCNC(=O)[C@@H]1C[C@]2(CC(c3cccc(Cl)c3)=NO2)CN1C(=O)[C@H](CCCCCC(C)OC)NC(=O)OC(C)(C)C. The number of benzene rings is 1. The number of methoxy groups -OCH3 is 1. The molecule has 0 aliphatic carbocycles. The van der Waals surface area contributed by atoms with Crippen molar-refractivity contribution in [3.8, 4) is 0 Å². The van der Waals surface area contributed by atoms with Gasteiger partial charge in [0.05, 0.1) is 18.4 Å². The van der Waals surface area contributed by atoms with Crippen molar-refractivity contribution in [3.05, 3.63) is 34.9 Å². The number of alkyl carbamates (subject to hydrolysis) is 1. The Morgan fingerprint density at radius 2 is 1.95 bits per heavy atom. The third kappa shape index (κ3) is 9.59. The van der Waals surface area contributed by atoms with Crippen molar-refractivity contribution in [1.82, 2.24) is 15.5 Å². The zero-order valence-corrected chi connectivity index (χ0v) is 26.6. The molecule has 3 rings (SSSR count). The number of rotatable bonds is 13. The number of hydrogen-bond acceptors (Lipinski definition) is 7. The molecule has 2 heterocycles. The largest absolute Gasteiger partial charge is 0.444 e. The molecule has 2 aliphatic rings. The highest BCUT2D eigenvalue weighted by atomic mass is 35.5. The normalized spacial score (nSPS) is 21.5. The van der Waals surface area contributed by atoms with Crippen LogP contribution in [0, 0.1) is 0 Å². The Balaban J connectivity index is 1.79. The number of halogens is 1. The van der Waals surface area contributed by atoms with Crippen LogP contribution in [-0.2, 0) is 23.9 Å². The molecule has 3 amide bonds. The van der Waals surface area contributed by atoms with Crippen LogP contribution in [0.2, 0.25) is 5.02 Å². The van der Waals surface area contributed by atoms with E-state index in [-0.39, 0.29) is 30.9 Å². The molecule has 1 spiro atoms. The highest BCUT2D eigenvalue weighted by Crippen LogP contribution is 2.39. The Morgan fingerprint density at radius 3 is 2.62 bits per heavy atom. The Hall–Kier alpha value is -2.85. The summed E-state index contributed by atoms with van der Waals surface area (Å²) in [4.78, 5) is 47.8. The maximum absolute atomic E-state index is 14.1. The summed E-state index contributed by atoms with van der Waals surface area (Å²) < 4.78 is 10.8. The molecular formula is C31H47ClN4O6. The molecule has 42 heavy (non-hydrogen) atoms. The molecule has 0 saturated carbocycles. The molecule has 2 N–H and O–H groups in total. The van der Waals surface area contributed by atoms with Gasteiger partial charge in [0, 0.05) is 37.1 Å². The predicted molar refractivity (Wildman–Crippen MR) is 163 cm³/mol. The summed E-state index contributed by atoms with van der Waals surface area (Å²) in [5, 5.41) is 10.7. The Labute approximate surface area is 254 Å². The first-order chi connectivity index (χ1) is 19.9. The fourth-order valence-corrected chi connectivity index (χ4v) is 5.49. The van der Waals surface area contributed by atoms with Crippen LogP contribution in [0.15, 0.2) is 29.4 Å². The zero-order chi connectivity index (χ0) is 30.9. The molecule has 0 bridgehead atoms. The number of ether oxygens (including phenoxy) is 2. The number of carbonyl (C=O) groups excluding carboxylic acids is 3. The quantitative estimate of drug-likeness (QED) is 0.298. The number of hydrogen-bond donors (Lipinski definition) is 2. The lowest BCUT2D eigenvalue weighted by atomic mass is 9.91. The molecule has 1 aromatic carbocycles. The van der Waals surface area contributed by atoms with Crippen LogP contribution in [0.5, 0.6) is 0 Å². The van der Waals surface area contributed by atoms with Crippen molar-refractivity contribution in [2.24, 2.45) is 5.16 Å². The van der Waals surface area contributed by atoms with Gasteiger partial charge in [-0.05, 0) is 59.1 Å². The molecule has 4 atom stereocenters. The number of nitrogens with zero attached hydrogens (tertiary/aromatic N) is 2. The second-order valence-electron chi connectivity index (χ2n) is 12.4. The van der Waals surface area contributed by atoms with Crippen LogP contribution in [0.1, 0.15) is 91.5 Å². The second-order valence-corrected chi connectivity index (χ2v) is 12.8. The van der Waals surface area contributed by atoms with E-state index in [0.29, 0.717) is 36.5 Å². The van der Waals surface area contributed by atoms with Gasteiger partial charge < -0.3 is 29.8 Å². The number of amides is 3. The molecule has 2 aliphatic heterocycles. The van der Waals surface area contributed by atoms with E-state index in [4.69, 9.17) is 25.9 Å². The van der Waals surface area contributed by atoms with E-state index in [1.165, 1.54) is 0 Å². The van der Waals surface area contributed by atoms with Gasteiger partial charge in [0.1, 0.15) is 17.7 Å². The first kappa shape index (κ1) is 33.6. The lowest BCUT2D eigenvalue weighted by molar-refractivity contribution is -0.140. The summed E-state index contributed by atoms with van der Waals surface area (Å²) in [7, 11) is 1.69. The topological polar surface area (TPSA) is 119 Å². The second kappa shape index (κ2) is 15.0. The Morgan fingerprint density at radius 1 is 1.21 bits per heavy atom. The monoisotopic (exact) mass is 606 g/mol. The molecule has 1 aromatic rings. The maximum Gasteiger partial charge on any atom is 0.408 e. The van der Waals surface area contributed by atoms with Gasteiger partial charge in [0.15, 0.2) is 5.60 Å². The predicted octanol–water partition coefficient (Wildman–Crippen LogP) is 5.21. The molecule has 1 unspecified atom stereocenters. The minimum absolute atomic E-state index is 0.163. The summed E-state index contributed by atoms with van der Waals surface area (Å²) in [6, 6.07) is 5.75. The highest BCUT2D eigenvalue weighted by molar-refractivity contribution is 6.31. The van der Waals surface area contributed by atoms with Crippen LogP contribution in [0.3, 0.4) is 0 Å². The summed E-state index contributed by atoms with van der Waals surface area (Å²) in [6.07, 6.45) is 4.83. The van der Waals surface area contributed by atoms with E-state index >= 15 is 0 Å². The molecule has 11 heteroatoms. The smallest absolute Gasteiger partial charge is 0.408 e. The van der Waals surface area contributed by atoms with Crippen molar-refractivity contribution < 1.29 is 28.7 Å². The summed E-state index contributed by atoms with van der Waals surface area (Å²) in [6.45, 7) is 9.97. The van der Waals surface area contributed by atoms with Gasteiger partial charge in [0.2, 0.25) is 11.8 Å². The first-order valence-corrected chi connectivity index (χ1v) is 15.4. The highest BCUT2D eigenvalue weighted by Gasteiger charge is 2.54. The molecule has 0 aromatic heterocycles. The van der Waals surface area contributed by atoms with Crippen LogP contribution >= 0.6 is 11.6 Å². The van der Waals surface area contributed by atoms with Gasteiger partial charge in [-0.15, -0.1) is 0 Å². The first-order valence-electron chi connectivity index (χ1n) is 15.0. The fraction of sp³-hybridized carbons (Fsp3) is 0.677. The van der Waals surface area contributed by atoms with Gasteiger partial charge in [-0.1, -0.05) is 55.1 Å². The summed E-state index contributed by atoms with van der Waals surface area (Å²) >= 11 is 6.20. The Bertz CT molecular complexity index is 1120. The van der Waals surface area contributed by atoms with Gasteiger partial charge in [0.25, 0.3) is 0 Å². The van der Waals surface area contributed by atoms with E-state index in [2.05, 4.69) is 15.8 Å². The minimum atomic E-state index is -0.856. The fourth-order valence-electron chi connectivity index (χ4n) is 5.30. The third-order valence-corrected chi connectivity index (χ3v) is 7.76. The Kier molecular flexibility index (Phi) is 12.1. The van der Waals surface area contributed by atoms with Crippen molar-refractivity contribution in [2.45, 2.75) is 115 Å². The molecule has 1 fully saturated rings. The number of oxime groups is 1. The van der Waals surface area contributed by atoms with E-state index in [1.807, 2.05) is 32.0 Å². The zero-order valence-electron chi connectivity index (χ0n) is 25.8. The van der Waals surface area contributed by atoms with E-state index < -0.39 is 29.4 Å². The van der Waals surface area contributed by atoms with Gasteiger partial charge in [-0.2, -0.15) is 0 Å². The average molecular weight is 607 g/mol. The van der Waals surface area contributed by atoms with Crippen molar-refractivity contribution >= 4 is 35.2 Å². The molecule has 234 valence electrons. The van der Waals surface area contributed by atoms with Crippen LogP contribution in [-0.4, -0.2) is 78.1 Å².